The molecule has 1 atom stereocenters. The summed E-state index contributed by atoms with van der Waals surface area (Å²) in [4.78, 5) is 12.8. The molecule has 1 amide bonds. The molecule has 1 aromatic rings. The van der Waals surface area contributed by atoms with E-state index in [1.807, 2.05) is 6.92 Å². The average Bonchev–Trinajstić information content (AvgIpc) is 2.63. The van der Waals surface area contributed by atoms with Gasteiger partial charge in [-0.15, -0.1) is 0 Å². The fourth-order valence-electron chi connectivity index (χ4n) is 1.67. The van der Waals surface area contributed by atoms with Gasteiger partial charge in [-0.3, -0.25) is 4.79 Å². The van der Waals surface area contributed by atoms with E-state index < -0.39 is 14.6 Å². The van der Waals surface area contributed by atoms with Crippen molar-refractivity contribution in [1.29, 1.82) is 0 Å². The Hall–Kier alpha value is -0.950. The molecule has 0 spiro atoms. The van der Waals surface area contributed by atoms with Crippen LogP contribution in [0.4, 0.5) is 0 Å². The van der Waals surface area contributed by atoms with Crippen molar-refractivity contribution in [2.75, 3.05) is 5.75 Å². The largest absolute Gasteiger partial charge is 0.345 e. The van der Waals surface area contributed by atoms with Gasteiger partial charge in [-0.2, -0.15) is 4.37 Å². The summed E-state index contributed by atoms with van der Waals surface area (Å²) >= 11 is 1.26. The maximum absolute atomic E-state index is 11.8. The number of sulfone groups is 1. The molecule has 2 rings (SSSR count). The minimum Gasteiger partial charge on any atom is -0.345 e. The molecule has 0 aliphatic carbocycles. The minimum atomic E-state index is -3.06. The fraction of sp³-hybridized carbons (Fsp3) is 0.600. The molecule has 0 radical (unpaired) electrons. The molecule has 1 aliphatic heterocycles. The van der Waals surface area contributed by atoms with E-state index in [-0.39, 0.29) is 17.7 Å². The van der Waals surface area contributed by atoms with E-state index >= 15 is 0 Å². The Morgan fingerprint density at radius 1 is 1.59 bits per heavy atom. The number of aryl methyl sites for hydroxylation is 1. The van der Waals surface area contributed by atoms with Crippen molar-refractivity contribution in [3.63, 3.8) is 0 Å². The van der Waals surface area contributed by atoms with Gasteiger partial charge < -0.3 is 5.32 Å². The van der Waals surface area contributed by atoms with Crippen LogP contribution in [0.5, 0.6) is 0 Å². The van der Waals surface area contributed by atoms with Crippen molar-refractivity contribution in [2.45, 2.75) is 31.6 Å². The van der Waals surface area contributed by atoms with Gasteiger partial charge in [0, 0.05) is 4.88 Å². The molecule has 1 fully saturated rings. The molecule has 1 aromatic heterocycles. The first kappa shape index (κ1) is 12.5. The van der Waals surface area contributed by atoms with Crippen molar-refractivity contribution in [3.05, 3.63) is 16.6 Å². The topological polar surface area (TPSA) is 76.1 Å². The lowest BCUT2D eigenvalue weighted by molar-refractivity contribution is 0.0925. The van der Waals surface area contributed by atoms with Gasteiger partial charge in [0.15, 0.2) is 9.84 Å². The van der Waals surface area contributed by atoms with E-state index in [0.29, 0.717) is 5.69 Å². The maximum Gasteiger partial charge on any atom is 0.271 e. The van der Waals surface area contributed by atoms with Gasteiger partial charge in [0.05, 0.1) is 16.5 Å². The van der Waals surface area contributed by atoms with Gasteiger partial charge in [0.25, 0.3) is 5.91 Å². The summed E-state index contributed by atoms with van der Waals surface area (Å²) < 4.78 is 26.1. The van der Waals surface area contributed by atoms with E-state index in [4.69, 9.17) is 0 Å². The molecule has 1 saturated heterocycles. The van der Waals surface area contributed by atoms with Crippen LogP contribution in [-0.2, 0) is 9.84 Å². The Labute approximate surface area is 104 Å². The summed E-state index contributed by atoms with van der Waals surface area (Å²) in [6.45, 7) is 5.12. The van der Waals surface area contributed by atoms with E-state index in [1.165, 1.54) is 11.5 Å². The molecule has 2 heterocycles. The SMILES string of the molecule is Cc1cc(C(=O)N[C@H]2CS(=O)(=O)C2(C)C)ns1. The van der Waals surface area contributed by atoms with Crippen LogP contribution in [0.3, 0.4) is 0 Å². The van der Waals surface area contributed by atoms with Crippen molar-refractivity contribution < 1.29 is 13.2 Å². The zero-order valence-corrected chi connectivity index (χ0v) is 11.5. The van der Waals surface area contributed by atoms with Gasteiger partial charge in [-0.1, -0.05) is 0 Å². The van der Waals surface area contributed by atoms with Gasteiger partial charge >= 0.3 is 0 Å². The number of aromatic nitrogens is 1. The average molecular weight is 274 g/mol. The monoisotopic (exact) mass is 274 g/mol. The number of rotatable bonds is 2. The molecule has 0 bridgehead atoms. The Balaban J connectivity index is 2.07. The molecule has 94 valence electrons. The third-order valence-electron chi connectivity index (χ3n) is 3.19. The summed E-state index contributed by atoms with van der Waals surface area (Å²) in [6.07, 6.45) is 0. The fourth-order valence-corrected chi connectivity index (χ4v) is 3.86. The number of hydrogen-bond donors (Lipinski definition) is 1. The van der Waals surface area contributed by atoms with Crippen LogP contribution < -0.4 is 5.32 Å². The van der Waals surface area contributed by atoms with Crippen molar-refractivity contribution in [2.24, 2.45) is 0 Å². The molecule has 7 heteroatoms. The van der Waals surface area contributed by atoms with E-state index in [9.17, 15) is 13.2 Å². The number of nitrogens with zero attached hydrogens (tertiary/aromatic N) is 1. The summed E-state index contributed by atoms with van der Waals surface area (Å²) in [5.74, 6) is -0.295. The Morgan fingerprint density at radius 3 is 2.65 bits per heavy atom. The zero-order chi connectivity index (χ0) is 12.8. The van der Waals surface area contributed by atoms with Crippen molar-refractivity contribution in [3.8, 4) is 0 Å². The highest BCUT2D eigenvalue weighted by atomic mass is 32.2. The van der Waals surface area contributed by atoms with Crippen LogP contribution in [0.15, 0.2) is 6.07 Å². The summed E-state index contributed by atoms with van der Waals surface area (Å²) in [5, 5.41) is 2.72. The molecule has 1 aliphatic rings. The summed E-state index contributed by atoms with van der Waals surface area (Å²) in [7, 11) is -3.06. The first-order chi connectivity index (χ1) is 7.74. The molecule has 0 aromatic carbocycles. The van der Waals surface area contributed by atoms with Crippen LogP contribution >= 0.6 is 11.5 Å². The number of amides is 1. The summed E-state index contributed by atoms with van der Waals surface area (Å²) in [6, 6.07) is 1.36. The number of nitrogens with one attached hydrogen (secondary N) is 1. The molecule has 0 saturated carbocycles. The molecule has 1 N–H and O–H groups in total. The molecular formula is C10H14N2O3S2. The number of carbonyl (C=O) groups is 1. The van der Waals surface area contributed by atoms with Crippen molar-refractivity contribution >= 4 is 27.3 Å². The van der Waals surface area contributed by atoms with E-state index in [0.717, 1.165) is 4.88 Å². The highest BCUT2D eigenvalue weighted by Gasteiger charge is 2.54. The van der Waals surface area contributed by atoms with Crippen LogP contribution in [0, 0.1) is 6.92 Å². The van der Waals surface area contributed by atoms with Crippen LogP contribution in [0.1, 0.15) is 29.2 Å². The minimum absolute atomic E-state index is 0.00879. The van der Waals surface area contributed by atoms with Gasteiger partial charge in [-0.25, -0.2) is 8.42 Å². The smallest absolute Gasteiger partial charge is 0.271 e. The van der Waals surface area contributed by atoms with Gasteiger partial charge in [0.1, 0.15) is 5.69 Å². The van der Waals surface area contributed by atoms with Crippen molar-refractivity contribution in [1.82, 2.24) is 9.69 Å². The third kappa shape index (κ3) is 1.97. The molecule has 0 unspecified atom stereocenters. The zero-order valence-electron chi connectivity index (χ0n) is 9.85. The van der Waals surface area contributed by atoms with Gasteiger partial charge in [0.2, 0.25) is 0 Å². The Morgan fingerprint density at radius 2 is 2.24 bits per heavy atom. The Bertz CT molecular complexity index is 560. The predicted molar refractivity (Wildman–Crippen MR) is 66.0 cm³/mol. The van der Waals surface area contributed by atoms with E-state index in [2.05, 4.69) is 9.69 Å². The maximum atomic E-state index is 11.8. The highest BCUT2D eigenvalue weighted by molar-refractivity contribution is 7.94. The quantitative estimate of drug-likeness (QED) is 0.863. The highest BCUT2D eigenvalue weighted by Crippen LogP contribution is 2.33. The first-order valence-electron chi connectivity index (χ1n) is 5.20. The van der Waals surface area contributed by atoms with E-state index in [1.54, 1.807) is 19.9 Å². The number of carbonyl (C=O) groups excluding carboxylic acids is 1. The Kier molecular flexibility index (Phi) is 2.78. The lowest BCUT2D eigenvalue weighted by Gasteiger charge is -2.43. The van der Waals surface area contributed by atoms with Crippen LogP contribution in [-0.4, -0.2) is 35.2 Å². The normalized spacial score (nSPS) is 25.0. The molecular weight excluding hydrogens is 260 g/mol. The first-order valence-corrected chi connectivity index (χ1v) is 7.63. The van der Waals surface area contributed by atoms with Crippen LogP contribution in [0.25, 0.3) is 0 Å². The second-order valence-electron chi connectivity index (χ2n) is 4.73. The van der Waals surface area contributed by atoms with Crippen LogP contribution in [0.2, 0.25) is 0 Å². The number of hydrogen-bond acceptors (Lipinski definition) is 5. The second kappa shape index (κ2) is 3.78. The predicted octanol–water partition coefficient (Wildman–Crippen LogP) is 0.757. The lowest BCUT2D eigenvalue weighted by Crippen LogP contribution is -2.66. The second-order valence-corrected chi connectivity index (χ2v) is 8.36. The molecule has 5 nitrogen and oxygen atoms in total. The lowest BCUT2D eigenvalue weighted by atomic mass is 10.0. The summed E-state index contributed by atoms with van der Waals surface area (Å²) in [5.41, 5.74) is 0.354. The standard InChI is InChI=1S/C10H14N2O3S2/c1-6-4-7(12-16-6)9(13)11-8-5-17(14,15)10(8,2)3/h4,8H,5H2,1-3H3,(H,11,13)/t8-/m0/s1. The third-order valence-corrected chi connectivity index (χ3v) is 6.55. The van der Waals surface area contributed by atoms with Gasteiger partial charge in [-0.05, 0) is 38.4 Å². The molecule has 17 heavy (non-hydrogen) atoms.